The van der Waals surface area contributed by atoms with Crippen LogP contribution in [0.1, 0.15) is 23.6 Å². The number of thioether (sulfide) groups is 1. The van der Waals surface area contributed by atoms with Crippen molar-refractivity contribution in [3.05, 3.63) is 28.8 Å². The highest BCUT2D eigenvalue weighted by atomic mass is 32.2. The monoisotopic (exact) mass is 240 g/mol. The topological polar surface area (TPSA) is 29.5 Å². The first-order valence-electron chi connectivity index (χ1n) is 5.60. The molecule has 0 radical (unpaired) electrons. The molecule has 0 amide bonds. The van der Waals surface area contributed by atoms with Gasteiger partial charge in [0.25, 0.3) is 0 Å². The van der Waals surface area contributed by atoms with Gasteiger partial charge in [0.2, 0.25) is 0 Å². The Morgan fingerprint density at radius 3 is 2.38 bits per heavy atom. The number of aryl methyl sites for hydroxylation is 2. The van der Waals surface area contributed by atoms with Crippen molar-refractivity contribution in [3.63, 3.8) is 0 Å². The van der Waals surface area contributed by atoms with Gasteiger partial charge in [-0.05, 0) is 36.3 Å². The van der Waals surface area contributed by atoms with Gasteiger partial charge >= 0.3 is 0 Å². The van der Waals surface area contributed by atoms with Gasteiger partial charge in [-0.3, -0.25) is 0 Å². The number of benzene rings is 1. The minimum Gasteiger partial charge on any atom is -0.492 e. The molecule has 1 aromatic carbocycles. The van der Waals surface area contributed by atoms with Crippen molar-refractivity contribution in [2.45, 2.75) is 27.4 Å². The smallest absolute Gasteiger partial charge is 0.125 e. The largest absolute Gasteiger partial charge is 0.492 e. The van der Waals surface area contributed by atoms with Gasteiger partial charge in [-0.2, -0.15) is 11.8 Å². The maximum absolute atomic E-state index is 9.08. The lowest BCUT2D eigenvalue weighted by atomic mass is 10.1. The van der Waals surface area contributed by atoms with E-state index in [-0.39, 0.29) is 6.61 Å². The lowest BCUT2D eigenvalue weighted by Gasteiger charge is -2.13. The van der Waals surface area contributed by atoms with Gasteiger partial charge < -0.3 is 9.84 Å². The minimum absolute atomic E-state index is 0.0909. The first-order valence-corrected chi connectivity index (χ1v) is 6.76. The summed E-state index contributed by atoms with van der Waals surface area (Å²) in [6, 6.07) is 3.96. The molecule has 16 heavy (non-hydrogen) atoms. The fraction of sp³-hybridized carbons (Fsp3) is 0.538. The third-order valence-electron chi connectivity index (χ3n) is 2.38. The molecule has 2 nitrogen and oxygen atoms in total. The van der Waals surface area contributed by atoms with E-state index in [1.165, 1.54) is 0 Å². The molecule has 0 bridgehead atoms. The van der Waals surface area contributed by atoms with Gasteiger partial charge in [0.1, 0.15) is 5.75 Å². The normalized spacial score (nSPS) is 10.5. The zero-order valence-corrected chi connectivity index (χ0v) is 11.1. The van der Waals surface area contributed by atoms with Crippen molar-refractivity contribution >= 4 is 11.8 Å². The molecule has 1 aromatic rings. The van der Waals surface area contributed by atoms with E-state index >= 15 is 0 Å². The number of aliphatic hydroxyl groups is 1. The number of ether oxygens (including phenoxy) is 1. The number of rotatable bonds is 6. The van der Waals surface area contributed by atoms with Crippen molar-refractivity contribution in [1.82, 2.24) is 0 Å². The van der Waals surface area contributed by atoms with Crippen molar-refractivity contribution in [3.8, 4) is 5.75 Å². The highest BCUT2D eigenvalue weighted by Crippen LogP contribution is 2.25. The van der Waals surface area contributed by atoms with Crippen LogP contribution >= 0.6 is 11.8 Å². The number of hydrogen-bond donors (Lipinski definition) is 1. The van der Waals surface area contributed by atoms with Crippen LogP contribution in [0, 0.1) is 13.8 Å². The molecular formula is C13H20O2S. The third-order valence-corrected chi connectivity index (χ3v) is 3.24. The minimum atomic E-state index is 0.0909. The van der Waals surface area contributed by atoms with E-state index in [0.29, 0.717) is 0 Å². The highest BCUT2D eigenvalue weighted by Gasteiger charge is 2.05. The van der Waals surface area contributed by atoms with Crippen molar-refractivity contribution < 1.29 is 9.84 Å². The first-order chi connectivity index (χ1) is 7.69. The summed E-state index contributed by atoms with van der Waals surface area (Å²) < 4.78 is 5.77. The Morgan fingerprint density at radius 1 is 1.25 bits per heavy atom. The second-order valence-electron chi connectivity index (χ2n) is 3.76. The molecule has 0 fully saturated rings. The standard InChI is InChI=1S/C13H20O2S/c1-4-16-6-5-15-13-10(2)7-12(9-14)8-11(13)3/h7-8,14H,4-6,9H2,1-3H3. The molecule has 0 unspecified atom stereocenters. The number of hydrogen-bond acceptors (Lipinski definition) is 3. The lowest BCUT2D eigenvalue weighted by Crippen LogP contribution is -2.04. The molecule has 0 heterocycles. The maximum Gasteiger partial charge on any atom is 0.125 e. The van der Waals surface area contributed by atoms with Crippen molar-refractivity contribution in [1.29, 1.82) is 0 Å². The summed E-state index contributed by atoms with van der Waals surface area (Å²) in [5.41, 5.74) is 3.15. The molecule has 90 valence electrons. The zero-order valence-electron chi connectivity index (χ0n) is 10.2. The predicted molar refractivity (Wildman–Crippen MR) is 70.3 cm³/mol. The predicted octanol–water partition coefficient (Wildman–Crippen LogP) is 2.93. The molecule has 0 spiro atoms. The summed E-state index contributed by atoms with van der Waals surface area (Å²) in [6.45, 7) is 7.03. The molecule has 0 saturated heterocycles. The summed E-state index contributed by atoms with van der Waals surface area (Å²) in [4.78, 5) is 0. The van der Waals surface area contributed by atoms with Crippen LogP contribution in [0.4, 0.5) is 0 Å². The van der Waals surface area contributed by atoms with Crippen molar-refractivity contribution in [2.75, 3.05) is 18.1 Å². The van der Waals surface area contributed by atoms with Crippen LogP contribution in [0.25, 0.3) is 0 Å². The molecule has 0 atom stereocenters. The van der Waals surface area contributed by atoms with E-state index in [1.807, 2.05) is 37.7 Å². The van der Waals surface area contributed by atoms with E-state index in [0.717, 1.165) is 40.6 Å². The Morgan fingerprint density at radius 2 is 1.88 bits per heavy atom. The molecule has 0 aromatic heterocycles. The maximum atomic E-state index is 9.08. The summed E-state index contributed by atoms with van der Waals surface area (Å²) >= 11 is 1.88. The van der Waals surface area contributed by atoms with E-state index in [1.54, 1.807) is 0 Å². The van der Waals surface area contributed by atoms with E-state index in [4.69, 9.17) is 9.84 Å². The molecule has 0 aliphatic heterocycles. The van der Waals surface area contributed by atoms with Gasteiger partial charge in [0.15, 0.2) is 0 Å². The second-order valence-corrected chi connectivity index (χ2v) is 5.16. The van der Waals surface area contributed by atoms with Gasteiger partial charge in [0.05, 0.1) is 13.2 Å². The van der Waals surface area contributed by atoms with Crippen molar-refractivity contribution in [2.24, 2.45) is 0 Å². The number of aliphatic hydroxyl groups excluding tert-OH is 1. The van der Waals surface area contributed by atoms with Crippen LogP contribution < -0.4 is 4.74 Å². The third kappa shape index (κ3) is 3.72. The SMILES string of the molecule is CCSCCOc1c(C)cc(CO)cc1C. The Balaban J connectivity index is 2.65. The van der Waals surface area contributed by atoms with Gasteiger partial charge in [-0.15, -0.1) is 0 Å². The van der Waals surface area contributed by atoms with Crippen LogP contribution in [-0.2, 0) is 6.61 Å². The molecule has 0 aliphatic rings. The summed E-state index contributed by atoms with van der Waals surface area (Å²) in [5.74, 6) is 3.12. The Labute approximate surface area is 102 Å². The van der Waals surface area contributed by atoms with Gasteiger partial charge in [-0.25, -0.2) is 0 Å². The molecule has 1 rings (SSSR count). The first kappa shape index (κ1) is 13.4. The highest BCUT2D eigenvalue weighted by molar-refractivity contribution is 7.99. The van der Waals surface area contributed by atoms with Crippen LogP contribution in [-0.4, -0.2) is 23.2 Å². The summed E-state index contributed by atoms with van der Waals surface area (Å²) in [6.07, 6.45) is 0. The quantitative estimate of drug-likeness (QED) is 0.775. The molecule has 0 saturated carbocycles. The van der Waals surface area contributed by atoms with E-state index in [2.05, 4.69) is 6.92 Å². The zero-order chi connectivity index (χ0) is 12.0. The Kier molecular flexibility index (Phi) is 5.71. The van der Waals surface area contributed by atoms with Crippen LogP contribution in [0.5, 0.6) is 5.75 Å². The summed E-state index contributed by atoms with van der Waals surface area (Å²) in [7, 11) is 0. The molecule has 3 heteroatoms. The Hall–Kier alpha value is -0.670. The van der Waals surface area contributed by atoms with Gasteiger partial charge in [0, 0.05) is 5.75 Å². The summed E-state index contributed by atoms with van der Waals surface area (Å²) in [5, 5.41) is 9.08. The fourth-order valence-corrected chi connectivity index (χ4v) is 2.20. The average molecular weight is 240 g/mol. The molecule has 0 aliphatic carbocycles. The van der Waals surface area contributed by atoms with Crippen LogP contribution in [0.2, 0.25) is 0 Å². The van der Waals surface area contributed by atoms with Gasteiger partial charge in [-0.1, -0.05) is 19.1 Å². The molecule has 1 N–H and O–H groups in total. The lowest BCUT2D eigenvalue weighted by molar-refractivity contribution is 0.281. The van der Waals surface area contributed by atoms with Crippen LogP contribution in [0.15, 0.2) is 12.1 Å². The second kappa shape index (κ2) is 6.81. The van der Waals surface area contributed by atoms with Crippen LogP contribution in [0.3, 0.4) is 0 Å². The average Bonchev–Trinajstić information content (AvgIpc) is 2.26. The fourth-order valence-electron chi connectivity index (χ4n) is 1.71. The molecular weight excluding hydrogens is 220 g/mol. The Bertz CT molecular complexity index is 314. The van der Waals surface area contributed by atoms with E-state index in [9.17, 15) is 0 Å². The van der Waals surface area contributed by atoms with E-state index < -0.39 is 0 Å².